The summed E-state index contributed by atoms with van der Waals surface area (Å²) in [6.45, 7) is 9.86. The number of likely N-dealkylation sites (tertiary alicyclic amines) is 1. The third kappa shape index (κ3) is 6.52. The predicted molar refractivity (Wildman–Crippen MR) is 124 cm³/mol. The second kappa shape index (κ2) is 11.1. The molecule has 3 rings (SSSR count). The Morgan fingerprint density at radius 2 is 1.96 bits per heavy atom. The molecule has 27 heavy (non-hydrogen) atoms. The zero-order valence-corrected chi connectivity index (χ0v) is 19.2. The van der Waals surface area contributed by atoms with Crippen molar-refractivity contribution >= 4 is 29.9 Å². The third-order valence-electron chi connectivity index (χ3n) is 5.37. The quantitative estimate of drug-likeness (QED) is 0.381. The van der Waals surface area contributed by atoms with Gasteiger partial charge in [0.2, 0.25) is 0 Å². The van der Waals surface area contributed by atoms with E-state index in [2.05, 4.69) is 52.6 Å². The van der Waals surface area contributed by atoms with E-state index in [-0.39, 0.29) is 24.0 Å². The Balaban J connectivity index is 0.00000261. The molecule has 0 saturated carbocycles. The number of ether oxygens (including phenoxy) is 1. The number of hydrogen-bond acceptors (Lipinski definition) is 3. The summed E-state index contributed by atoms with van der Waals surface area (Å²) in [4.78, 5) is 7.02. The van der Waals surface area contributed by atoms with Crippen molar-refractivity contribution in [1.29, 1.82) is 0 Å². The van der Waals surface area contributed by atoms with Crippen LogP contribution in [0.15, 0.2) is 29.3 Å². The van der Waals surface area contributed by atoms with Gasteiger partial charge in [-0.25, -0.2) is 0 Å². The van der Waals surface area contributed by atoms with Crippen LogP contribution in [0.1, 0.15) is 44.6 Å². The van der Waals surface area contributed by atoms with E-state index >= 15 is 0 Å². The SMILES string of the molecule is CN=C(NCC1CCOc2ccccc21)NC1CCN(CC(C)C)CC1.I. The maximum Gasteiger partial charge on any atom is 0.191 e. The van der Waals surface area contributed by atoms with Crippen molar-refractivity contribution in [2.24, 2.45) is 10.9 Å². The van der Waals surface area contributed by atoms with Crippen molar-refractivity contribution in [3.05, 3.63) is 29.8 Å². The molecule has 1 atom stereocenters. The van der Waals surface area contributed by atoms with Crippen LogP contribution in [0.3, 0.4) is 0 Å². The zero-order valence-electron chi connectivity index (χ0n) is 16.9. The number of halogens is 1. The van der Waals surface area contributed by atoms with Gasteiger partial charge in [0.25, 0.3) is 0 Å². The first-order valence-electron chi connectivity index (χ1n) is 10.1. The summed E-state index contributed by atoms with van der Waals surface area (Å²) in [7, 11) is 1.86. The molecule has 1 saturated heterocycles. The summed E-state index contributed by atoms with van der Waals surface area (Å²) in [5.41, 5.74) is 1.31. The average Bonchev–Trinajstić information content (AvgIpc) is 2.66. The number of piperidine rings is 1. The summed E-state index contributed by atoms with van der Waals surface area (Å²) >= 11 is 0. The normalized spacial score (nSPS) is 21.2. The molecule has 2 aliphatic heterocycles. The average molecular weight is 486 g/mol. The number of guanidine groups is 1. The summed E-state index contributed by atoms with van der Waals surface area (Å²) in [5.74, 6) is 3.19. The minimum atomic E-state index is 0. The largest absolute Gasteiger partial charge is 0.493 e. The van der Waals surface area contributed by atoms with Crippen molar-refractivity contribution in [3.8, 4) is 5.75 Å². The van der Waals surface area contributed by atoms with Crippen LogP contribution in [-0.4, -0.2) is 56.7 Å². The van der Waals surface area contributed by atoms with Gasteiger partial charge >= 0.3 is 0 Å². The highest BCUT2D eigenvalue weighted by molar-refractivity contribution is 14.0. The molecule has 1 unspecified atom stereocenters. The van der Waals surface area contributed by atoms with Crippen LogP contribution >= 0.6 is 24.0 Å². The third-order valence-corrected chi connectivity index (χ3v) is 5.37. The Hall–Kier alpha value is -1.02. The van der Waals surface area contributed by atoms with Gasteiger partial charge in [-0.05, 0) is 36.8 Å². The van der Waals surface area contributed by atoms with Crippen LogP contribution in [-0.2, 0) is 0 Å². The van der Waals surface area contributed by atoms with Crippen molar-refractivity contribution < 1.29 is 4.74 Å². The molecule has 0 aliphatic carbocycles. The van der Waals surface area contributed by atoms with Crippen molar-refractivity contribution in [2.45, 2.75) is 45.1 Å². The molecule has 5 nitrogen and oxygen atoms in total. The smallest absolute Gasteiger partial charge is 0.191 e. The standard InChI is InChI=1S/C21H34N4O.HI/c1-16(2)15-25-11-8-18(9-12-25)24-21(22-3)23-14-17-10-13-26-20-7-5-4-6-19(17)20;/h4-7,16-18H,8-15H2,1-3H3,(H2,22,23,24);1H. The first-order valence-corrected chi connectivity index (χ1v) is 10.1. The fraction of sp³-hybridized carbons (Fsp3) is 0.667. The van der Waals surface area contributed by atoms with Crippen LogP contribution in [0.2, 0.25) is 0 Å². The van der Waals surface area contributed by atoms with E-state index in [4.69, 9.17) is 4.74 Å². The van der Waals surface area contributed by atoms with Gasteiger partial charge in [-0.2, -0.15) is 0 Å². The molecular weight excluding hydrogens is 451 g/mol. The summed E-state index contributed by atoms with van der Waals surface area (Å²) in [6.07, 6.45) is 3.43. The number of benzene rings is 1. The molecule has 0 spiro atoms. The molecule has 0 aromatic heterocycles. The van der Waals surface area contributed by atoms with Crippen LogP contribution < -0.4 is 15.4 Å². The minimum absolute atomic E-state index is 0. The van der Waals surface area contributed by atoms with Gasteiger partial charge in [0.15, 0.2) is 5.96 Å². The number of para-hydroxylation sites is 1. The minimum Gasteiger partial charge on any atom is -0.493 e. The molecular formula is C21H35IN4O. The number of aliphatic imine (C=N–C) groups is 1. The van der Waals surface area contributed by atoms with Crippen LogP contribution in [0, 0.1) is 5.92 Å². The molecule has 0 bridgehead atoms. The number of hydrogen-bond donors (Lipinski definition) is 2. The molecule has 6 heteroatoms. The lowest BCUT2D eigenvalue weighted by Gasteiger charge is -2.34. The first kappa shape index (κ1) is 22.3. The Morgan fingerprint density at radius 3 is 2.67 bits per heavy atom. The van der Waals surface area contributed by atoms with E-state index in [9.17, 15) is 0 Å². The van der Waals surface area contributed by atoms with Gasteiger partial charge in [-0.1, -0.05) is 32.0 Å². The Morgan fingerprint density at radius 1 is 1.22 bits per heavy atom. The second-order valence-electron chi connectivity index (χ2n) is 7.94. The molecule has 1 aromatic rings. The van der Waals surface area contributed by atoms with Gasteiger partial charge in [0, 0.05) is 45.2 Å². The lowest BCUT2D eigenvalue weighted by atomic mass is 9.93. The van der Waals surface area contributed by atoms with E-state index < -0.39 is 0 Å². The Bertz CT molecular complexity index is 600. The summed E-state index contributed by atoms with van der Waals surface area (Å²) < 4.78 is 5.77. The molecule has 152 valence electrons. The molecule has 0 amide bonds. The molecule has 0 radical (unpaired) electrons. The van der Waals surface area contributed by atoms with Gasteiger partial charge in [-0.3, -0.25) is 4.99 Å². The topological polar surface area (TPSA) is 48.9 Å². The van der Waals surface area contributed by atoms with Crippen LogP contribution in [0.25, 0.3) is 0 Å². The van der Waals surface area contributed by atoms with E-state index in [0.717, 1.165) is 37.2 Å². The summed E-state index contributed by atoms with van der Waals surface area (Å²) in [5, 5.41) is 7.16. The van der Waals surface area contributed by atoms with Crippen molar-refractivity contribution in [2.75, 3.05) is 39.8 Å². The number of rotatable bonds is 5. The molecule has 2 aliphatic rings. The van der Waals surface area contributed by atoms with Gasteiger partial charge < -0.3 is 20.3 Å². The molecule has 1 aromatic carbocycles. The van der Waals surface area contributed by atoms with Gasteiger partial charge in [0.05, 0.1) is 6.61 Å². The van der Waals surface area contributed by atoms with E-state index in [0.29, 0.717) is 12.0 Å². The second-order valence-corrected chi connectivity index (χ2v) is 7.94. The zero-order chi connectivity index (χ0) is 18.4. The highest BCUT2D eigenvalue weighted by Gasteiger charge is 2.23. The van der Waals surface area contributed by atoms with Gasteiger partial charge in [-0.15, -0.1) is 24.0 Å². The maximum atomic E-state index is 5.77. The number of fused-ring (bicyclic) bond motifs is 1. The number of nitrogens with zero attached hydrogens (tertiary/aromatic N) is 2. The highest BCUT2D eigenvalue weighted by atomic mass is 127. The van der Waals surface area contributed by atoms with E-state index in [1.165, 1.54) is 38.0 Å². The summed E-state index contributed by atoms with van der Waals surface area (Å²) in [6, 6.07) is 8.91. The fourth-order valence-corrected chi connectivity index (χ4v) is 4.01. The highest BCUT2D eigenvalue weighted by Crippen LogP contribution is 2.32. The first-order chi connectivity index (χ1) is 12.7. The predicted octanol–water partition coefficient (Wildman–Crippen LogP) is 3.46. The molecule has 1 fully saturated rings. The lowest BCUT2D eigenvalue weighted by Crippen LogP contribution is -2.49. The van der Waals surface area contributed by atoms with E-state index in [1.807, 2.05) is 13.1 Å². The van der Waals surface area contributed by atoms with Crippen LogP contribution in [0.4, 0.5) is 0 Å². The van der Waals surface area contributed by atoms with Crippen molar-refractivity contribution in [3.63, 3.8) is 0 Å². The fourth-order valence-electron chi connectivity index (χ4n) is 4.01. The molecule has 2 heterocycles. The monoisotopic (exact) mass is 486 g/mol. The van der Waals surface area contributed by atoms with Crippen LogP contribution in [0.5, 0.6) is 5.75 Å². The Labute approximate surface area is 181 Å². The van der Waals surface area contributed by atoms with Gasteiger partial charge in [0.1, 0.15) is 5.75 Å². The lowest BCUT2D eigenvalue weighted by molar-refractivity contribution is 0.186. The maximum absolute atomic E-state index is 5.77. The number of nitrogens with one attached hydrogen (secondary N) is 2. The van der Waals surface area contributed by atoms with Crippen molar-refractivity contribution in [1.82, 2.24) is 15.5 Å². The van der Waals surface area contributed by atoms with E-state index in [1.54, 1.807) is 0 Å². The molecule has 2 N–H and O–H groups in total. The Kier molecular flexibility index (Phi) is 9.15.